The smallest absolute Gasteiger partial charge is 0.336 e. The van der Waals surface area contributed by atoms with Crippen LogP contribution in [0.25, 0.3) is 0 Å². The Labute approximate surface area is 180 Å². The number of hydrogen-bond donors (Lipinski definition) is 2. The second-order valence-electron chi connectivity index (χ2n) is 8.29. The molecule has 2 aliphatic heterocycles. The molecule has 0 aliphatic carbocycles. The largest absolute Gasteiger partial charge is 0.479 e. The first-order valence-corrected chi connectivity index (χ1v) is 10.5. The first-order chi connectivity index (χ1) is 14.8. The summed E-state index contributed by atoms with van der Waals surface area (Å²) in [5.74, 6) is -2.59. The number of nitrogens with one attached hydrogen (secondary N) is 1. The average molecular weight is 432 g/mol. The van der Waals surface area contributed by atoms with Gasteiger partial charge in [0.1, 0.15) is 18.7 Å². The van der Waals surface area contributed by atoms with Crippen LogP contribution >= 0.6 is 0 Å². The lowest BCUT2D eigenvalue weighted by Gasteiger charge is -2.29. The fraction of sp³-hybridized carbons (Fsp3) is 0.545. The summed E-state index contributed by atoms with van der Waals surface area (Å²) in [5, 5.41) is 11.5. The van der Waals surface area contributed by atoms with E-state index >= 15 is 0 Å². The number of esters is 1. The second kappa shape index (κ2) is 9.91. The molecular weight excluding hydrogens is 404 g/mol. The van der Waals surface area contributed by atoms with E-state index in [2.05, 4.69) is 5.32 Å². The monoisotopic (exact) mass is 432 g/mol. The maximum absolute atomic E-state index is 13.2. The normalized spacial score (nSPS) is 23.3. The lowest BCUT2D eigenvalue weighted by Crippen LogP contribution is -2.53. The van der Waals surface area contributed by atoms with Crippen molar-refractivity contribution in [3.8, 4) is 0 Å². The molecule has 0 spiro atoms. The predicted octanol–water partition coefficient (Wildman–Crippen LogP) is 1.10. The van der Waals surface area contributed by atoms with Crippen molar-refractivity contribution in [1.82, 2.24) is 10.2 Å². The van der Waals surface area contributed by atoms with E-state index in [-0.39, 0.29) is 18.4 Å². The number of hydrogen-bond acceptors (Lipinski definition) is 6. The first kappa shape index (κ1) is 22.7. The minimum Gasteiger partial charge on any atom is -0.479 e. The van der Waals surface area contributed by atoms with Crippen molar-refractivity contribution in [2.24, 2.45) is 5.92 Å². The molecule has 2 N–H and O–H groups in total. The van der Waals surface area contributed by atoms with Crippen LogP contribution in [0.15, 0.2) is 30.3 Å². The summed E-state index contributed by atoms with van der Waals surface area (Å²) in [6, 6.07) is 7.71. The molecule has 0 bridgehead atoms. The van der Waals surface area contributed by atoms with Crippen molar-refractivity contribution >= 4 is 23.8 Å². The topological polar surface area (TPSA) is 126 Å². The van der Waals surface area contributed by atoms with E-state index < -0.39 is 42.1 Å². The average Bonchev–Trinajstić information content (AvgIpc) is 3.41. The van der Waals surface area contributed by atoms with E-state index in [4.69, 9.17) is 14.6 Å². The molecule has 9 heteroatoms. The number of ether oxygens (including phenoxy) is 2. The Kier molecular flexibility index (Phi) is 7.27. The lowest BCUT2D eigenvalue weighted by atomic mass is 10.0. The van der Waals surface area contributed by atoms with Crippen molar-refractivity contribution in [3.63, 3.8) is 0 Å². The summed E-state index contributed by atoms with van der Waals surface area (Å²) in [4.78, 5) is 50.6. The van der Waals surface area contributed by atoms with E-state index in [1.165, 1.54) is 4.90 Å². The third-order valence-electron chi connectivity index (χ3n) is 5.35. The summed E-state index contributed by atoms with van der Waals surface area (Å²) in [6.07, 6.45) is -0.759. The van der Waals surface area contributed by atoms with E-state index in [9.17, 15) is 19.2 Å². The van der Waals surface area contributed by atoms with Gasteiger partial charge in [0.15, 0.2) is 12.2 Å². The Morgan fingerprint density at radius 2 is 1.90 bits per heavy atom. The highest BCUT2D eigenvalue weighted by molar-refractivity contribution is 5.96. The molecule has 2 aliphatic rings. The summed E-state index contributed by atoms with van der Waals surface area (Å²) < 4.78 is 10.3. The van der Waals surface area contributed by atoms with Crippen LogP contribution in [0.4, 0.5) is 0 Å². The van der Waals surface area contributed by atoms with Crippen LogP contribution in [0, 0.1) is 5.92 Å². The van der Waals surface area contributed by atoms with Crippen LogP contribution < -0.4 is 5.32 Å². The highest BCUT2D eigenvalue weighted by Gasteiger charge is 2.51. The van der Waals surface area contributed by atoms with Gasteiger partial charge < -0.3 is 24.8 Å². The standard InChI is InChI=1S/C22H28N2O7/c1-13(2)11-15(23-19(25)17-18(31-17)21(27)28)20(26)24-10-6-9-16(24)22(29)30-12-14-7-4-3-5-8-14/h3-5,7-8,13,15-18H,6,9-12H2,1-2H3,(H,23,25)(H,27,28)/t15-,16-,17+,18-/m0/s1. The number of carbonyl (C=O) groups is 4. The number of rotatable bonds is 9. The minimum absolute atomic E-state index is 0.0933. The molecule has 1 aromatic carbocycles. The van der Waals surface area contributed by atoms with Gasteiger partial charge in [0.2, 0.25) is 5.91 Å². The molecule has 0 saturated carbocycles. The van der Waals surface area contributed by atoms with Crippen LogP contribution in [-0.4, -0.2) is 64.6 Å². The van der Waals surface area contributed by atoms with Crippen LogP contribution in [0.1, 0.15) is 38.7 Å². The molecule has 1 aromatic rings. The highest BCUT2D eigenvalue weighted by atomic mass is 16.6. The van der Waals surface area contributed by atoms with Crippen LogP contribution in [0.5, 0.6) is 0 Å². The zero-order chi connectivity index (χ0) is 22.5. The third-order valence-corrected chi connectivity index (χ3v) is 5.35. The molecule has 168 valence electrons. The number of epoxide rings is 1. The van der Waals surface area contributed by atoms with E-state index in [0.29, 0.717) is 25.8 Å². The molecule has 31 heavy (non-hydrogen) atoms. The molecule has 2 saturated heterocycles. The number of amides is 2. The molecule has 3 rings (SSSR count). The Morgan fingerprint density at radius 3 is 2.52 bits per heavy atom. The van der Waals surface area contributed by atoms with Crippen molar-refractivity contribution in [2.45, 2.75) is 64.0 Å². The summed E-state index contributed by atoms with van der Waals surface area (Å²) in [5.41, 5.74) is 0.856. The van der Waals surface area contributed by atoms with Crippen molar-refractivity contribution in [3.05, 3.63) is 35.9 Å². The lowest BCUT2D eigenvalue weighted by molar-refractivity contribution is -0.155. The number of carbonyl (C=O) groups excluding carboxylic acids is 3. The van der Waals surface area contributed by atoms with Crippen molar-refractivity contribution in [2.75, 3.05) is 6.54 Å². The Hall–Kier alpha value is -2.94. The SMILES string of the molecule is CC(C)C[C@H](NC(=O)[C@@H]1O[C@@H]1C(=O)O)C(=O)N1CCC[C@H]1C(=O)OCc1ccccc1. The molecular formula is C22H28N2O7. The second-order valence-corrected chi connectivity index (χ2v) is 8.29. The molecule has 2 amide bonds. The van der Waals surface area contributed by atoms with Gasteiger partial charge in [0.05, 0.1) is 0 Å². The fourth-order valence-corrected chi connectivity index (χ4v) is 3.75. The van der Waals surface area contributed by atoms with Gasteiger partial charge >= 0.3 is 11.9 Å². The van der Waals surface area contributed by atoms with Crippen LogP contribution in [0.3, 0.4) is 0 Å². The van der Waals surface area contributed by atoms with Crippen LogP contribution in [0.2, 0.25) is 0 Å². The van der Waals surface area contributed by atoms with Gasteiger partial charge in [-0.25, -0.2) is 9.59 Å². The van der Waals surface area contributed by atoms with Crippen LogP contribution in [-0.2, 0) is 35.3 Å². The van der Waals surface area contributed by atoms with Gasteiger partial charge in [-0.2, -0.15) is 0 Å². The first-order valence-electron chi connectivity index (χ1n) is 10.5. The maximum atomic E-state index is 13.2. The molecule has 0 aromatic heterocycles. The minimum atomic E-state index is -1.22. The summed E-state index contributed by atoms with van der Waals surface area (Å²) in [6.45, 7) is 4.34. The number of carboxylic acid groups (broad SMARTS) is 1. The molecule has 2 fully saturated rings. The van der Waals surface area contributed by atoms with E-state index in [1.807, 2.05) is 44.2 Å². The maximum Gasteiger partial charge on any atom is 0.336 e. The van der Waals surface area contributed by atoms with E-state index in [1.54, 1.807) is 0 Å². The zero-order valence-corrected chi connectivity index (χ0v) is 17.7. The van der Waals surface area contributed by atoms with Gasteiger partial charge in [0, 0.05) is 6.54 Å². The van der Waals surface area contributed by atoms with Crippen molar-refractivity contribution in [1.29, 1.82) is 0 Å². The number of nitrogens with zero attached hydrogens (tertiary/aromatic N) is 1. The molecule has 9 nitrogen and oxygen atoms in total. The third kappa shape index (κ3) is 5.81. The summed E-state index contributed by atoms with van der Waals surface area (Å²) >= 11 is 0. The number of likely N-dealkylation sites (tertiary alicyclic amines) is 1. The van der Waals surface area contributed by atoms with Gasteiger partial charge in [-0.3, -0.25) is 9.59 Å². The quantitative estimate of drug-likeness (QED) is 0.442. The number of carboxylic acids is 1. The van der Waals surface area contributed by atoms with E-state index in [0.717, 1.165) is 5.56 Å². The van der Waals surface area contributed by atoms with Gasteiger partial charge in [-0.1, -0.05) is 44.2 Å². The Morgan fingerprint density at radius 1 is 1.19 bits per heavy atom. The van der Waals surface area contributed by atoms with Crippen molar-refractivity contribution < 1.29 is 33.8 Å². The number of aliphatic carboxylic acids is 1. The Bertz CT molecular complexity index is 826. The molecule has 0 radical (unpaired) electrons. The van der Waals surface area contributed by atoms with Gasteiger partial charge in [0.25, 0.3) is 5.91 Å². The summed E-state index contributed by atoms with van der Waals surface area (Å²) in [7, 11) is 0. The fourth-order valence-electron chi connectivity index (χ4n) is 3.75. The molecule has 2 heterocycles. The molecule has 0 unspecified atom stereocenters. The van der Waals surface area contributed by atoms with Gasteiger partial charge in [-0.15, -0.1) is 0 Å². The molecule has 4 atom stereocenters. The highest BCUT2D eigenvalue weighted by Crippen LogP contribution is 2.25. The van der Waals surface area contributed by atoms with Gasteiger partial charge in [-0.05, 0) is 30.7 Å². The predicted molar refractivity (Wildman–Crippen MR) is 109 cm³/mol. The zero-order valence-electron chi connectivity index (χ0n) is 17.7. The Balaban J connectivity index is 1.62. The number of benzene rings is 1.